The molecule has 6 heteroatoms. The number of rotatable bonds is 3. The molecule has 2 N–H and O–H groups in total. The molecule has 0 aliphatic heterocycles. The lowest BCUT2D eigenvalue weighted by molar-refractivity contribution is -0.117. The molecular weight excluding hydrogens is 311 g/mol. The third-order valence-corrected chi connectivity index (χ3v) is 3.92. The molecule has 1 aliphatic carbocycles. The van der Waals surface area contributed by atoms with Crippen LogP contribution in [-0.4, -0.2) is 17.1 Å². The summed E-state index contributed by atoms with van der Waals surface area (Å²) in [5.41, 5.74) is 0.154. The Hall–Kier alpha value is -1.70. The summed E-state index contributed by atoms with van der Waals surface area (Å²) in [4.78, 5) is 12.1. The summed E-state index contributed by atoms with van der Waals surface area (Å²) in [5.74, 6) is -0.651. The summed E-state index contributed by atoms with van der Waals surface area (Å²) in [6.45, 7) is 0. The highest BCUT2D eigenvalue weighted by molar-refractivity contribution is 6.35. The maximum absolute atomic E-state index is 12.1. The number of phenolic OH excluding ortho intramolecular Hbond substituents is 1. The lowest BCUT2D eigenvalue weighted by Gasteiger charge is -2.11. The topological polar surface area (TPSA) is 73.1 Å². The molecule has 0 saturated heterocycles. The van der Waals surface area contributed by atoms with Crippen molar-refractivity contribution in [2.45, 2.75) is 31.7 Å². The highest BCUT2D eigenvalue weighted by Crippen LogP contribution is 2.32. The molecule has 1 aromatic carbocycles. The minimum absolute atomic E-state index is 0.0715. The summed E-state index contributed by atoms with van der Waals surface area (Å²) < 4.78 is 0. The Morgan fingerprint density at radius 1 is 1.38 bits per heavy atom. The molecule has 0 heterocycles. The molecule has 110 valence electrons. The largest absolute Gasteiger partial charge is 0.506 e. The first-order chi connectivity index (χ1) is 10.0. The first kappa shape index (κ1) is 15.7. The minimum Gasteiger partial charge on any atom is -0.506 e. The number of nitriles is 1. The van der Waals surface area contributed by atoms with Gasteiger partial charge in [-0.15, -0.1) is 0 Å². The van der Waals surface area contributed by atoms with Crippen molar-refractivity contribution in [3.05, 3.63) is 33.3 Å². The van der Waals surface area contributed by atoms with E-state index in [1.54, 1.807) is 0 Å². The number of halogens is 2. The Bertz CT molecular complexity index is 629. The fourth-order valence-electron chi connectivity index (χ4n) is 2.33. The lowest BCUT2D eigenvalue weighted by Crippen LogP contribution is -2.33. The van der Waals surface area contributed by atoms with Crippen molar-refractivity contribution < 1.29 is 9.90 Å². The van der Waals surface area contributed by atoms with Gasteiger partial charge in [-0.1, -0.05) is 36.0 Å². The number of amides is 1. The maximum Gasteiger partial charge on any atom is 0.262 e. The Balaban J connectivity index is 2.24. The molecule has 1 fully saturated rings. The second-order valence-corrected chi connectivity index (χ2v) is 5.79. The van der Waals surface area contributed by atoms with E-state index in [0.29, 0.717) is 5.02 Å². The van der Waals surface area contributed by atoms with Crippen molar-refractivity contribution in [3.63, 3.8) is 0 Å². The minimum atomic E-state index is -0.445. The summed E-state index contributed by atoms with van der Waals surface area (Å²) in [6, 6.07) is 4.80. The van der Waals surface area contributed by atoms with E-state index in [1.165, 1.54) is 18.2 Å². The molecule has 1 amide bonds. The first-order valence-electron chi connectivity index (χ1n) is 6.62. The normalized spacial score (nSPS) is 15.8. The number of benzene rings is 1. The van der Waals surface area contributed by atoms with Crippen LogP contribution in [0.1, 0.15) is 31.2 Å². The molecule has 1 aliphatic rings. The molecule has 2 rings (SSSR count). The Labute approximate surface area is 133 Å². The number of nitrogens with zero attached hydrogens (tertiary/aromatic N) is 1. The summed E-state index contributed by atoms with van der Waals surface area (Å²) in [7, 11) is 0. The molecular formula is C15H14Cl2N2O2. The average molecular weight is 325 g/mol. The van der Waals surface area contributed by atoms with Crippen molar-refractivity contribution in [2.75, 3.05) is 0 Å². The fourth-order valence-corrected chi connectivity index (χ4v) is 2.84. The van der Waals surface area contributed by atoms with Crippen molar-refractivity contribution in [2.24, 2.45) is 0 Å². The van der Waals surface area contributed by atoms with Gasteiger partial charge in [-0.3, -0.25) is 4.79 Å². The van der Waals surface area contributed by atoms with Crippen molar-refractivity contribution in [1.29, 1.82) is 5.26 Å². The lowest BCUT2D eigenvalue weighted by atomic mass is 10.1. The van der Waals surface area contributed by atoms with Crippen LogP contribution in [0, 0.1) is 11.3 Å². The van der Waals surface area contributed by atoms with Gasteiger partial charge in [0.15, 0.2) is 0 Å². The zero-order valence-corrected chi connectivity index (χ0v) is 12.7. The van der Waals surface area contributed by atoms with Gasteiger partial charge in [0.25, 0.3) is 5.91 Å². The quantitative estimate of drug-likeness (QED) is 0.658. The van der Waals surface area contributed by atoms with Gasteiger partial charge in [-0.2, -0.15) is 5.26 Å². The van der Waals surface area contributed by atoms with Gasteiger partial charge >= 0.3 is 0 Å². The number of carbonyl (C=O) groups excluding carboxylic acids is 1. The van der Waals surface area contributed by atoms with Crippen LogP contribution >= 0.6 is 23.2 Å². The predicted octanol–water partition coefficient (Wildman–Crippen LogP) is 3.66. The standard InChI is InChI=1S/C15H14Cl2N2O2/c16-11-6-9(14(20)13(17)7-11)5-10(8-18)15(21)19-12-3-1-2-4-12/h5-7,12,20H,1-4H2,(H,19,21)/b10-5-. The molecule has 0 bridgehead atoms. The molecule has 4 nitrogen and oxygen atoms in total. The van der Waals surface area contributed by atoms with E-state index >= 15 is 0 Å². The number of nitrogens with one attached hydrogen (secondary N) is 1. The Kier molecular flexibility index (Phi) is 5.11. The number of hydrogen-bond acceptors (Lipinski definition) is 3. The van der Waals surface area contributed by atoms with Crippen molar-refractivity contribution >= 4 is 35.2 Å². The number of aromatic hydroxyl groups is 1. The van der Waals surface area contributed by atoms with Crippen LogP contribution in [0.5, 0.6) is 5.75 Å². The zero-order valence-electron chi connectivity index (χ0n) is 11.2. The Morgan fingerprint density at radius 2 is 2.05 bits per heavy atom. The second kappa shape index (κ2) is 6.84. The van der Waals surface area contributed by atoms with Crippen LogP contribution in [0.25, 0.3) is 6.08 Å². The number of hydrogen-bond donors (Lipinski definition) is 2. The van der Waals surface area contributed by atoms with Crippen LogP contribution < -0.4 is 5.32 Å². The van der Waals surface area contributed by atoms with Gasteiger partial charge in [0.05, 0.1) is 5.02 Å². The molecule has 0 atom stereocenters. The van der Waals surface area contributed by atoms with Crippen LogP contribution in [0.3, 0.4) is 0 Å². The van der Waals surface area contributed by atoms with Crippen LogP contribution in [0.15, 0.2) is 17.7 Å². The van der Waals surface area contributed by atoms with E-state index in [4.69, 9.17) is 28.5 Å². The molecule has 0 unspecified atom stereocenters. The van der Waals surface area contributed by atoms with Gasteiger partial charge < -0.3 is 10.4 Å². The molecule has 0 aromatic heterocycles. The van der Waals surface area contributed by atoms with Gasteiger partial charge in [-0.05, 0) is 31.1 Å². The third-order valence-electron chi connectivity index (χ3n) is 3.41. The van der Waals surface area contributed by atoms with E-state index < -0.39 is 5.91 Å². The maximum atomic E-state index is 12.1. The first-order valence-corrected chi connectivity index (χ1v) is 7.37. The third kappa shape index (κ3) is 3.90. The summed E-state index contributed by atoms with van der Waals surface area (Å²) in [5, 5.41) is 22.2. The van der Waals surface area contributed by atoms with Gasteiger partial charge in [0.2, 0.25) is 0 Å². The number of phenols is 1. The van der Waals surface area contributed by atoms with Gasteiger partial charge in [0, 0.05) is 16.6 Å². The zero-order chi connectivity index (χ0) is 15.4. The van der Waals surface area contributed by atoms with Crippen molar-refractivity contribution in [3.8, 4) is 11.8 Å². The van der Waals surface area contributed by atoms with E-state index in [2.05, 4.69) is 5.32 Å². The van der Waals surface area contributed by atoms with E-state index in [9.17, 15) is 9.90 Å². The van der Waals surface area contributed by atoms with E-state index in [0.717, 1.165) is 25.7 Å². The van der Waals surface area contributed by atoms with Crippen LogP contribution in [0.4, 0.5) is 0 Å². The molecule has 0 spiro atoms. The summed E-state index contributed by atoms with van der Waals surface area (Å²) in [6.07, 6.45) is 5.32. The predicted molar refractivity (Wildman–Crippen MR) is 82.1 cm³/mol. The fraction of sp³-hybridized carbons (Fsp3) is 0.333. The smallest absolute Gasteiger partial charge is 0.262 e. The highest BCUT2D eigenvalue weighted by atomic mass is 35.5. The van der Waals surface area contributed by atoms with Gasteiger partial charge in [-0.25, -0.2) is 0 Å². The number of carbonyl (C=O) groups is 1. The molecule has 1 aromatic rings. The van der Waals surface area contributed by atoms with E-state index in [1.807, 2.05) is 6.07 Å². The highest BCUT2D eigenvalue weighted by Gasteiger charge is 2.19. The molecule has 1 saturated carbocycles. The summed E-state index contributed by atoms with van der Waals surface area (Å²) >= 11 is 11.7. The van der Waals surface area contributed by atoms with Gasteiger partial charge in [0.1, 0.15) is 17.4 Å². The van der Waals surface area contributed by atoms with E-state index in [-0.39, 0.29) is 28.0 Å². The SMILES string of the molecule is N#C/C(=C/c1cc(Cl)cc(Cl)c1O)C(=O)NC1CCCC1. The van der Waals surface area contributed by atoms with Crippen LogP contribution in [0.2, 0.25) is 10.0 Å². The average Bonchev–Trinajstić information content (AvgIpc) is 2.93. The van der Waals surface area contributed by atoms with Crippen molar-refractivity contribution in [1.82, 2.24) is 5.32 Å². The molecule has 21 heavy (non-hydrogen) atoms. The monoisotopic (exact) mass is 324 g/mol. The second-order valence-electron chi connectivity index (χ2n) is 4.95. The van der Waals surface area contributed by atoms with Crippen LogP contribution in [-0.2, 0) is 4.79 Å². The molecule has 0 radical (unpaired) electrons. The Morgan fingerprint density at radius 3 is 2.67 bits per heavy atom.